The number of aliphatic hydroxyl groups excluding tert-OH is 2. The topological polar surface area (TPSA) is 95.9 Å². The molecule has 0 aromatic rings. The van der Waals surface area contributed by atoms with Crippen LogP contribution in [-0.2, 0) is 14.3 Å². The number of amides is 1. The van der Waals surface area contributed by atoms with E-state index >= 15 is 0 Å². The van der Waals surface area contributed by atoms with Crippen LogP contribution in [0.15, 0.2) is 12.2 Å². The molecule has 0 aliphatic heterocycles. The van der Waals surface area contributed by atoms with Crippen molar-refractivity contribution in [3.05, 3.63) is 12.2 Å². The molecule has 0 bridgehead atoms. The monoisotopic (exact) mass is 974 g/mol. The van der Waals surface area contributed by atoms with Crippen LogP contribution in [0.1, 0.15) is 354 Å². The maximum absolute atomic E-state index is 12.5. The Hall–Kier alpha value is -1.40. The zero-order valence-electron chi connectivity index (χ0n) is 46.8. The molecule has 0 heterocycles. The van der Waals surface area contributed by atoms with Crippen molar-refractivity contribution in [2.24, 2.45) is 0 Å². The molecule has 2 unspecified atom stereocenters. The molecule has 410 valence electrons. The van der Waals surface area contributed by atoms with Gasteiger partial charge in [-0.15, -0.1) is 0 Å². The van der Waals surface area contributed by atoms with Crippen LogP contribution in [0.2, 0.25) is 0 Å². The molecular weight excluding hydrogens is 851 g/mol. The van der Waals surface area contributed by atoms with Gasteiger partial charge in [0.1, 0.15) is 0 Å². The highest BCUT2D eigenvalue weighted by molar-refractivity contribution is 5.76. The number of carbonyl (C=O) groups excluding carboxylic acids is 2. The number of nitrogens with one attached hydrogen (secondary N) is 1. The minimum Gasteiger partial charge on any atom is -0.466 e. The van der Waals surface area contributed by atoms with Crippen LogP contribution in [-0.4, -0.2) is 47.4 Å². The van der Waals surface area contributed by atoms with Crippen LogP contribution in [0, 0.1) is 0 Å². The molecule has 1 amide bonds. The average Bonchev–Trinajstić information content (AvgIpc) is 3.35. The van der Waals surface area contributed by atoms with Gasteiger partial charge in [0.25, 0.3) is 0 Å². The van der Waals surface area contributed by atoms with Crippen molar-refractivity contribution >= 4 is 11.9 Å². The smallest absolute Gasteiger partial charge is 0.305 e. The summed E-state index contributed by atoms with van der Waals surface area (Å²) in [5.74, 6) is -0.0474. The third-order valence-electron chi connectivity index (χ3n) is 14.8. The van der Waals surface area contributed by atoms with Crippen LogP contribution < -0.4 is 5.32 Å². The van der Waals surface area contributed by atoms with E-state index < -0.39 is 12.1 Å². The number of rotatable bonds is 59. The minimum absolute atomic E-state index is 0.0171. The maximum Gasteiger partial charge on any atom is 0.305 e. The normalized spacial score (nSPS) is 12.6. The van der Waals surface area contributed by atoms with Crippen LogP contribution >= 0.6 is 0 Å². The number of carbonyl (C=O) groups is 2. The fourth-order valence-corrected chi connectivity index (χ4v) is 9.99. The summed E-state index contributed by atoms with van der Waals surface area (Å²) in [6, 6.07) is -0.626. The van der Waals surface area contributed by atoms with Gasteiger partial charge in [-0.3, -0.25) is 9.59 Å². The van der Waals surface area contributed by atoms with Crippen molar-refractivity contribution in [1.82, 2.24) is 5.32 Å². The molecule has 0 saturated heterocycles. The van der Waals surface area contributed by atoms with Crippen molar-refractivity contribution in [2.45, 2.75) is 366 Å². The molecule has 0 rings (SSSR count). The van der Waals surface area contributed by atoms with Gasteiger partial charge >= 0.3 is 5.97 Å². The van der Waals surface area contributed by atoms with Crippen molar-refractivity contribution in [1.29, 1.82) is 0 Å². The first-order valence-electron chi connectivity index (χ1n) is 31.5. The molecule has 0 fully saturated rings. The lowest BCUT2D eigenvalue weighted by atomic mass is 10.0. The van der Waals surface area contributed by atoms with E-state index in [0.717, 1.165) is 38.5 Å². The number of unbranched alkanes of at least 4 members (excludes halogenated alkanes) is 48. The zero-order valence-corrected chi connectivity index (χ0v) is 46.8. The van der Waals surface area contributed by atoms with Gasteiger partial charge in [-0.1, -0.05) is 321 Å². The Bertz CT molecular complexity index is 1030. The standard InChI is InChI=1S/C63H123NO5/c1-3-5-7-9-11-13-15-17-28-32-35-39-43-47-51-55-61(66)60(59-65)64-62(67)56-52-48-44-40-36-33-29-26-24-22-20-18-19-21-23-25-27-30-34-38-42-46-50-54-58-69-63(68)57-53-49-45-41-37-31-16-14-12-10-8-6-4-2/h51,55,60-61,65-66H,3-50,52-54,56-59H2,1-2H3,(H,64,67)/b55-51+. The Morgan fingerprint density at radius 1 is 0.391 bits per heavy atom. The lowest BCUT2D eigenvalue weighted by Gasteiger charge is -2.20. The lowest BCUT2D eigenvalue weighted by molar-refractivity contribution is -0.143. The van der Waals surface area contributed by atoms with Gasteiger partial charge in [0, 0.05) is 12.8 Å². The van der Waals surface area contributed by atoms with Crippen LogP contribution in [0.5, 0.6) is 0 Å². The predicted molar refractivity (Wildman–Crippen MR) is 301 cm³/mol. The fourth-order valence-electron chi connectivity index (χ4n) is 9.99. The molecule has 0 aromatic carbocycles. The van der Waals surface area contributed by atoms with Gasteiger partial charge in [-0.05, 0) is 32.1 Å². The lowest BCUT2D eigenvalue weighted by Crippen LogP contribution is -2.45. The minimum atomic E-state index is -0.842. The largest absolute Gasteiger partial charge is 0.466 e. The van der Waals surface area contributed by atoms with Gasteiger partial charge in [0.05, 0.1) is 25.4 Å². The molecule has 0 aliphatic carbocycles. The molecule has 0 radical (unpaired) electrons. The van der Waals surface area contributed by atoms with Crippen LogP contribution in [0.3, 0.4) is 0 Å². The molecule has 69 heavy (non-hydrogen) atoms. The number of hydrogen-bond donors (Lipinski definition) is 3. The van der Waals surface area contributed by atoms with E-state index in [4.69, 9.17) is 4.74 Å². The Kier molecular flexibility index (Phi) is 58.0. The molecule has 3 N–H and O–H groups in total. The fraction of sp³-hybridized carbons (Fsp3) is 0.937. The van der Waals surface area contributed by atoms with Gasteiger partial charge in [-0.25, -0.2) is 0 Å². The highest BCUT2D eigenvalue weighted by Gasteiger charge is 2.18. The molecule has 0 aromatic heterocycles. The first-order chi connectivity index (χ1) is 34.0. The Labute approximate surface area is 431 Å². The first-order valence-corrected chi connectivity index (χ1v) is 31.5. The van der Waals surface area contributed by atoms with E-state index in [1.165, 1.54) is 289 Å². The Balaban J connectivity index is 3.37. The molecule has 6 heteroatoms. The van der Waals surface area contributed by atoms with Crippen LogP contribution in [0.25, 0.3) is 0 Å². The number of esters is 1. The van der Waals surface area contributed by atoms with Crippen molar-refractivity contribution in [2.75, 3.05) is 13.2 Å². The second-order valence-electron chi connectivity index (χ2n) is 21.8. The number of ether oxygens (including phenoxy) is 1. The van der Waals surface area contributed by atoms with Gasteiger partial charge in [0.15, 0.2) is 0 Å². The number of allylic oxidation sites excluding steroid dienone is 1. The molecule has 0 saturated carbocycles. The number of hydrogen-bond acceptors (Lipinski definition) is 5. The molecule has 6 nitrogen and oxygen atoms in total. The first kappa shape index (κ1) is 67.6. The van der Waals surface area contributed by atoms with Gasteiger partial charge in [0.2, 0.25) is 5.91 Å². The zero-order chi connectivity index (χ0) is 50.0. The summed E-state index contributed by atoms with van der Waals surface area (Å²) < 4.78 is 5.48. The second-order valence-corrected chi connectivity index (χ2v) is 21.8. The second kappa shape index (κ2) is 59.2. The quantitative estimate of drug-likeness (QED) is 0.0321. The van der Waals surface area contributed by atoms with Crippen molar-refractivity contribution in [3.63, 3.8) is 0 Å². The summed E-state index contributed by atoms with van der Waals surface area (Å²) in [7, 11) is 0. The third-order valence-corrected chi connectivity index (χ3v) is 14.8. The highest BCUT2D eigenvalue weighted by atomic mass is 16.5. The van der Waals surface area contributed by atoms with E-state index in [2.05, 4.69) is 19.2 Å². The number of aliphatic hydroxyl groups is 2. The van der Waals surface area contributed by atoms with E-state index in [1.807, 2.05) is 6.08 Å². The van der Waals surface area contributed by atoms with E-state index in [0.29, 0.717) is 19.4 Å². The summed E-state index contributed by atoms with van der Waals surface area (Å²) in [6.45, 7) is 4.93. The molecule has 2 atom stereocenters. The molecule has 0 aliphatic rings. The Morgan fingerprint density at radius 2 is 0.667 bits per heavy atom. The highest BCUT2D eigenvalue weighted by Crippen LogP contribution is 2.18. The Morgan fingerprint density at radius 3 is 0.986 bits per heavy atom. The molecule has 0 spiro atoms. The summed E-state index contributed by atoms with van der Waals surface area (Å²) in [4.78, 5) is 24.5. The van der Waals surface area contributed by atoms with Gasteiger partial charge in [-0.2, -0.15) is 0 Å². The third kappa shape index (κ3) is 55.8. The van der Waals surface area contributed by atoms with Gasteiger partial charge < -0.3 is 20.3 Å². The average molecular weight is 975 g/mol. The SMILES string of the molecule is CCCCCCCCCCCCCCC/C=C/C(O)C(CO)NC(=O)CCCCCCCCCCCCCCCCCCCCCCCCCCOC(=O)CCCCCCCCCCCCCCC. The van der Waals surface area contributed by atoms with E-state index in [1.54, 1.807) is 6.08 Å². The van der Waals surface area contributed by atoms with Crippen LogP contribution in [0.4, 0.5) is 0 Å². The van der Waals surface area contributed by atoms with E-state index in [9.17, 15) is 19.8 Å². The summed E-state index contributed by atoms with van der Waals surface area (Å²) in [6.07, 6.45) is 71.1. The van der Waals surface area contributed by atoms with Crippen molar-refractivity contribution < 1.29 is 24.5 Å². The van der Waals surface area contributed by atoms with E-state index in [-0.39, 0.29) is 18.5 Å². The summed E-state index contributed by atoms with van der Waals surface area (Å²) >= 11 is 0. The predicted octanol–water partition coefficient (Wildman–Crippen LogP) is 19.6. The maximum atomic E-state index is 12.5. The molecular formula is C63H123NO5. The summed E-state index contributed by atoms with van der Waals surface area (Å²) in [5, 5.41) is 23.1. The summed E-state index contributed by atoms with van der Waals surface area (Å²) in [5.41, 5.74) is 0. The van der Waals surface area contributed by atoms with Crippen molar-refractivity contribution in [3.8, 4) is 0 Å².